The number of amides is 3. The Bertz CT molecular complexity index is 643. The summed E-state index contributed by atoms with van der Waals surface area (Å²) >= 11 is 3.35. The molecule has 1 saturated heterocycles. The third-order valence-corrected chi connectivity index (χ3v) is 4.55. The van der Waals surface area contributed by atoms with Crippen molar-refractivity contribution in [3.63, 3.8) is 0 Å². The molecule has 6 heteroatoms. The van der Waals surface area contributed by atoms with E-state index in [1.54, 1.807) is 17.9 Å². The summed E-state index contributed by atoms with van der Waals surface area (Å²) in [5.41, 5.74) is 0.561. The van der Waals surface area contributed by atoms with Crippen molar-refractivity contribution in [2.75, 3.05) is 0 Å². The Labute approximate surface area is 124 Å². The van der Waals surface area contributed by atoms with Gasteiger partial charge < -0.3 is 4.90 Å². The molecule has 1 unspecified atom stereocenters. The van der Waals surface area contributed by atoms with Crippen LogP contribution < -0.4 is 5.32 Å². The molecule has 104 valence electrons. The molecule has 0 aliphatic carbocycles. The van der Waals surface area contributed by atoms with E-state index >= 15 is 0 Å². The van der Waals surface area contributed by atoms with Crippen LogP contribution in [0.5, 0.6) is 0 Å². The van der Waals surface area contributed by atoms with Crippen LogP contribution in [0.25, 0.3) is 0 Å². The summed E-state index contributed by atoms with van der Waals surface area (Å²) in [5.74, 6) is -0.832. The maximum absolute atomic E-state index is 12.5. The second-order valence-corrected chi connectivity index (χ2v) is 6.26. The van der Waals surface area contributed by atoms with Gasteiger partial charge in [-0.2, -0.15) is 0 Å². The largest absolute Gasteiger partial charge is 0.320 e. The number of piperidine rings is 1. The summed E-state index contributed by atoms with van der Waals surface area (Å²) in [6.45, 7) is 2.12. The predicted molar refractivity (Wildman–Crippen MR) is 74.8 cm³/mol. The topological polar surface area (TPSA) is 66.5 Å². The summed E-state index contributed by atoms with van der Waals surface area (Å²) in [6, 6.07) is 5.53. The van der Waals surface area contributed by atoms with E-state index in [4.69, 9.17) is 0 Å². The molecule has 2 heterocycles. The molecule has 3 rings (SSSR count). The molecule has 0 spiro atoms. The number of nitrogens with zero attached hydrogens (tertiary/aromatic N) is 1. The number of benzene rings is 1. The molecule has 0 saturated carbocycles. The molecule has 0 bridgehead atoms. The van der Waals surface area contributed by atoms with Gasteiger partial charge in [0.1, 0.15) is 5.54 Å². The fourth-order valence-electron chi connectivity index (χ4n) is 2.72. The summed E-state index contributed by atoms with van der Waals surface area (Å²) in [7, 11) is 0. The van der Waals surface area contributed by atoms with Gasteiger partial charge in [0, 0.05) is 23.0 Å². The Kier molecular flexibility index (Phi) is 2.93. The van der Waals surface area contributed by atoms with Gasteiger partial charge in [-0.05, 0) is 31.0 Å². The number of carbonyl (C=O) groups excluding carboxylic acids is 3. The summed E-state index contributed by atoms with van der Waals surface area (Å²) in [6.07, 6.45) is 0.616. The van der Waals surface area contributed by atoms with Crippen LogP contribution in [0, 0.1) is 0 Å². The van der Waals surface area contributed by atoms with E-state index in [0.717, 1.165) is 10.0 Å². The van der Waals surface area contributed by atoms with E-state index in [2.05, 4.69) is 21.2 Å². The van der Waals surface area contributed by atoms with Crippen molar-refractivity contribution in [1.29, 1.82) is 0 Å². The number of rotatable bonds is 1. The Hall–Kier alpha value is -1.69. The zero-order valence-electron chi connectivity index (χ0n) is 10.9. The maximum atomic E-state index is 12.5. The first-order valence-corrected chi connectivity index (χ1v) is 7.16. The Morgan fingerprint density at radius 1 is 1.30 bits per heavy atom. The zero-order chi connectivity index (χ0) is 14.5. The van der Waals surface area contributed by atoms with Crippen molar-refractivity contribution in [1.82, 2.24) is 10.2 Å². The molecule has 1 N–H and O–H groups in total. The Balaban J connectivity index is 1.96. The van der Waals surface area contributed by atoms with Crippen molar-refractivity contribution in [2.45, 2.75) is 31.8 Å². The summed E-state index contributed by atoms with van der Waals surface area (Å²) < 4.78 is 0.833. The number of halogens is 1. The van der Waals surface area contributed by atoms with E-state index < -0.39 is 11.4 Å². The van der Waals surface area contributed by atoms with Crippen LogP contribution in [-0.2, 0) is 16.1 Å². The Morgan fingerprint density at radius 2 is 2.05 bits per heavy atom. The Morgan fingerprint density at radius 3 is 2.75 bits per heavy atom. The van der Waals surface area contributed by atoms with Gasteiger partial charge in [0.05, 0.1) is 0 Å². The molecule has 1 aromatic carbocycles. The van der Waals surface area contributed by atoms with Crippen molar-refractivity contribution in [3.8, 4) is 0 Å². The summed E-state index contributed by atoms with van der Waals surface area (Å²) in [5, 5.41) is 2.32. The minimum absolute atomic E-state index is 0.159. The average Bonchev–Trinajstić information content (AvgIpc) is 2.72. The van der Waals surface area contributed by atoms with Gasteiger partial charge in [-0.15, -0.1) is 0 Å². The molecule has 1 aromatic rings. The quantitative estimate of drug-likeness (QED) is 0.792. The fraction of sp³-hybridized carbons (Fsp3) is 0.357. The van der Waals surface area contributed by atoms with Gasteiger partial charge in [-0.1, -0.05) is 22.0 Å². The highest BCUT2D eigenvalue weighted by atomic mass is 79.9. The number of imide groups is 1. The molecule has 3 amide bonds. The van der Waals surface area contributed by atoms with Crippen LogP contribution in [0.4, 0.5) is 0 Å². The fourth-order valence-corrected chi connectivity index (χ4v) is 3.08. The van der Waals surface area contributed by atoms with E-state index in [0.29, 0.717) is 18.5 Å². The van der Waals surface area contributed by atoms with Gasteiger partial charge in [-0.25, -0.2) is 0 Å². The first-order chi connectivity index (χ1) is 9.41. The average molecular weight is 337 g/mol. The lowest BCUT2D eigenvalue weighted by Crippen LogP contribution is -2.61. The van der Waals surface area contributed by atoms with Gasteiger partial charge in [0.15, 0.2) is 0 Å². The molecule has 20 heavy (non-hydrogen) atoms. The lowest BCUT2D eigenvalue weighted by atomic mass is 9.89. The van der Waals surface area contributed by atoms with E-state index in [1.807, 2.05) is 12.1 Å². The van der Waals surface area contributed by atoms with E-state index in [9.17, 15) is 14.4 Å². The van der Waals surface area contributed by atoms with Crippen LogP contribution in [0.3, 0.4) is 0 Å². The molecule has 1 atom stereocenters. The third-order valence-electron chi connectivity index (χ3n) is 4.05. The normalized spacial score (nSPS) is 25.7. The molecule has 1 fully saturated rings. The van der Waals surface area contributed by atoms with Crippen molar-refractivity contribution in [3.05, 3.63) is 33.8 Å². The lowest BCUT2D eigenvalue weighted by molar-refractivity contribution is -0.142. The van der Waals surface area contributed by atoms with Crippen molar-refractivity contribution < 1.29 is 14.4 Å². The van der Waals surface area contributed by atoms with Crippen LogP contribution in [-0.4, -0.2) is 28.2 Å². The minimum Gasteiger partial charge on any atom is -0.320 e. The molecule has 0 radical (unpaired) electrons. The smallest absolute Gasteiger partial charge is 0.255 e. The predicted octanol–water partition coefficient (Wildman–Crippen LogP) is 1.60. The van der Waals surface area contributed by atoms with Gasteiger partial charge in [0.25, 0.3) is 11.8 Å². The standard InChI is InChI=1S/C14H13BrN2O3/c1-14(5-4-11(18)16-13(14)20)17-7-8-2-3-9(15)6-10(8)12(17)19/h2-3,6H,4-5,7H2,1H3,(H,16,18,20). The molecule has 0 aromatic heterocycles. The highest BCUT2D eigenvalue weighted by Crippen LogP contribution is 2.34. The minimum atomic E-state index is -0.962. The maximum Gasteiger partial charge on any atom is 0.255 e. The lowest BCUT2D eigenvalue weighted by Gasteiger charge is -2.39. The number of hydrogen-bond acceptors (Lipinski definition) is 3. The van der Waals surface area contributed by atoms with Gasteiger partial charge in [0.2, 0.25) is 5.91 Å². The molecule has 2 aliphatic rings. The van der Waals surface area contributed by atoms with Crippen LogP contribution in [0.1, 0.15) is 35.7 Å². The van der Waals surface area contributed by atoms with Gasteiger partial charge >= 0.3 is 0 Å². The first-order valence-electron chi connectivity index (χ1n) is 6.36. The number of hydrogen-bond donors (Lipinski definition) is 1. The second-order valence-electron chi connectivity index (χ2n) is 5.34. The van der Waals surface area contributed by atoms with E-state index in [-0.39, 0.29) is 18.2 Å². The van der Waals surface area contributed by atoms with E-state index in [1.165, 1.54) is 0 Å². The van der Waals surface area contributed by atoms with Crippen LogP contribution >= 0.6 is 15.9 Å². The third kappa shape index (κ3) is 1.86. The monoisotopic (exact) mass is 336 g/mol. The zero-order valence-corrected chi connectivity index (χ0v) is 12.5. The van der Waals surface area contributed by atoms with Crippen molar-refractivity contribution >= 4 is 33.7 Å². The first kappa shape index (κ1) is 13.3. The number of fused-ring (bicyclic) bond motifs is 1. The molecule has 2 aliphatic heterocycles. The number of nitrogens with one attached hydrogen (secondary N) is 1. The highest BCUT2D eigenvalue weighted by Gasteiger charge is 2.48. The second kappa shape index (κ2) is 4.41. The number of carbonyl (C=O) groups is 3. The SMILES string of the molecule is CC1(N2Cc3ccc(Br)cc3C2=O)CCC(=O)NC1=O. The van der Waals surface area contributed by atoms with Crippen molar-refractivity contribution in [2.24, 2.45) is 0 Å². The van der Waals surface area contributed by atoms with Gasteiger partial charge in [-0.3, -0.25) is 19.7 Å². The van der Waals surface area contributed by atoms with Crippen LogP contribution in [0.2, 0.25) is 0 Å². The molecule has 5 nitrogen and oxygen atoms in total. The molecular weight excluding hydrogens is 324 g/mol. The molecular formula is C14H13BrN2O3. The highest BCUT2D eigenvalue weighted by molar-refractivity contribution is 9.10. The summed E-state index contributed by atoms with van der Waals surface area (Å²) in [4.78, 5) is 37.5. The van der Waals surface area contributed by atoms with Crippen LogP contribution in [0.15, 0.2) is 22.7 Å².